The van der Waals surface area contributed by atoms with Gasteiger partial charge in [-0.2, -0.15) is 0 Å². The third kappa shape index (κ3) is 4.33. The number of amides is 1. The van der Waals surface area contributed by atoms with Crippen LogP contribution in [0, 0.1) is 5.92 Å². The summed E-state index contributed by atoms with van der Waals surface area (Å²) in [4.78, 5) is 11.3. The number of primary amides is 1. The minimum absolute atomic E-state index is 0.155. The molecule has 0 aromatic heterocycles. The predicted molar refractivity (Wildman–Crippen MR) is 91.6 cm³/mol. The summed E-state index contributed by atoms with van der Waals surface area (Å²) >= 11 is 0. The average Bonchev–Trinajstić information content (AvgIpc) is 2.53. The zero-order chi connectivity index (χ0) is 16.1. The van der Waals surface area contributed by atoms with E-state index >= 15 is 0 Å². The smallest absolute Gasteiger partial charge is 0.234 e. The van der Waals surface area contributed by atoms with Crippen molar-refractivity contribution in [3.05, 3.63) is 35.4 Å². The Balaban J connectivity index is 2.09. The van der Waals surface area contributed by atoms with Gasteiger partial charge in [-0.3, -0.25) is 10.1 Å². The number of carbonyl (C=O) groups excluding carboxylic acids is 1. The van der Waals surface area contributed by atoms with Gasteiger partial charge in [0.05, 0.1) is 6.04 Å². The van der Waals surface area contributed by atoms with Crippen molar-refractivity contribution in [1.29, 1.82) is 0 Å². The van der Waals surface area contributed by atoms with E-state index in [9.17, 15) is 4.79 Å². The van der Waals surface area contributed by atoms with Crippen molar-refractivity contribution in [3.63, 3.8) is 0 Å². The Morgan fingerprint density at radius 3 is 2.18 bits per heavy atom. The zero-order valence-electron chi connectivity index (χ0n) is 14.1. The van der Waals surface area contributed by atoms with Gasteiger partial charge in [0, 0.05) is 6.04 Å². The number of hydrogen-bond acceptors (Lipinski definition) is 2. The van der Waals surface area contributed by atoms with E-state index < -0.39 is 0 Å². The molecule has 1 aliphatic carbocycles. The molecule has 1 fully saturated rings. The molecule has 122 valence electrons. The molecule has 22 heavy (non-hydrogen) atoms. The summed E-state index contributed by atoms with van der Waals surface area (Å²) in [5.41, 5.74) is 8.09. The molecule has 2 rings (SSSR count). The molecule has 1 saturated carbocycles. The van der Waals surface area contributed by atoms with Crippen LogP contribution in [0.25, 0.3) is 0 Å². The zero-order valence-corrected chi connectivity index (χ0v) is 14.1. The van der Waals surface area contributed by atoms with Gasteiger partial charge < -0.3 is 5.73 Å². The first-order valence-corrected chi connectivity index (χ1v) is 8.64. The number of nitrogens with one attached hydrogen (secondary N) is 1. The van der Waals surface area contributed by atoms with Crippen LogP contribution >= 0.6 is 0 Å². The molecule has 3 heteroatoms. The molecule has 0 heterocycles. The average molecular weight is 302 g/mol. The lowest BCUT2D eigenvalue weighted by Gasteiger charge is -2.27. The molecule has 0 aliphatic heterocycles. The first-order valence-electron chi connectivity index (χ1n) is 8.64. The van der Waals surface area contributed by atoms with Crippen LogP contribution in [0.5, 0.6) is 0 Å². The minimum Gasteiger partial charge on any atom is -0.368 e. The predicted octanol–water partition coefficient (Wildman–Crippen LogP) is 3.89. The van der Waals surface area contributed by atoms with Gasteiger partial charge in [0.25, 0.3) is 0 Å². The third-order valence-corrected chi connectivity index (χ3v) is 4.90. The standard InChI is InChI=1S/C19H30N2O/c1-13(2)18(21-14(3)19(20)22)17-11-9-16(10-12-17)15-7-5-4-6-8-15/h9-15,18,21H,4-8H2,1-3H3,(H2,20,22)/t14-,18+/m0/s1. The lowest BCUT2D eigenvalue weighted by molar-refractivity contribution is -0.119. The van der Waals surface area contributed by atoms with Gasteiger partial charge in [0.15, 0.2) is 0 Å². The highest BCUT2D eigenvalue weighted by molar-refractivity contribution is 5.79. The molecule has 0 bridgehead atoms. The summed E-state index contributed by atoms with van der Waals surface area (Å²) in [6, 6.07) is 8.83. The fourth-order valence-corrected chi connectivity index (χ4v) is 3.44. The van der Waals surface area contributed by atoms with Crippen LogP contribution in [0.1, 0.15) is 76.0 Å². The molecule has 3 nitrogen and oxygen atoms in total. The van der Waals surface area contributed by atoms with E-state index in [0.717, 1.165) is 5.92 Å². The molecule has 0 unspecified atom stereocenters. The van der Waals surface area contributed by atoms with Crippen LogP contribution < -0.4 is 11.1 Å². The Labute approximate surface area is 134 Å². The fourth-order valence-electron chi connectivity index (χ4n) is 3.44. The van der Waals surface area contributed by atoms with Gasteiger partial charge in [-0.15, -0.1) is 0 Å². The van der Waals surface area contributed by atoms with Crippen LogP contribution in [0.15, 0.2) is 24.3 Å². The highest BCUT2D eigenvalue weighted by Crippen LogP contribution is 2.33. The van der Waals surface area contributed by atoms with Crippen molar-refractivity contribution < 1.29 is 4.79 Å². The highest BCUT2D eigenvalue weighted by Gasteiger charge is 2.21. The van der Waals surface area contributed by atoms with E-state index in [1.54, 1.807) is 0 Å². The minimum atomic E-state index is -0.314. The maximum absolute atomic E-state index is 11.3. The van der Waals surface area contributed by atoms with Crippen molar-refractivity contribution in [2.75, 3.05) is 0 Å². The second kappa shape index (κ2) is 7.77. The molecule has 0 saturated heterocycles. The van der Waals surface area contributed by atoms with E-state index in [0.29, 0.717) is 5.92 Å². The number of hydrogen-bond donors (Lipinski definition) is 2. The van der Waals surface area contributed by atoms with E-state index in [2.05, 4.69) is 43.4 Å². The summed E-state index contributed by atoms with van der Waals surface area (Å²) in [5, 5.41) is 3.36. The number of carbonyl (C=O) groups is 1. The van der Waals surface area contributed by atoms with Crippen molar-refractivity contribution >= 4 is 5.91 Å². The second-order valence-electron chi connectivity index (χ2n) is 7.01. The fraction of sp³-hybridized carbons (Fsp3) is 0.632. The topological polar surface area (TPSA) is 55.1 Å². The Morgan fingerprint density at radius 1 is 1.09 bits per heavy atom. The summed E-state index contributed by atoms with van der Waals surface area (Å²) in [6.07, 6.45) is 6.75. The van der Waals surface area contributed by atoms with Crippen LogP contribution in [-0.2, 0) is 4.79 Å². The molecular weight excluding hydrogens is 272 g/mol. The molecule has 1 aromatic carbocycles. The first-order chi connectivity index (χ1) is 10.5. The van der Waals surface area contributed by atoms with E-state index in [4.69, 9.17) is 5.73 Å². The molecule has 3 N–H and O–H groups in total. The largest absolute Gasteiger partial charge is 0.368 e. The van der Waals surface area contributed by atoms with Crippen molar-refractivity contribution in [1.82, 2.24) is 5.32 Å². The summed E-state index contributed by atoms with van der Waals surface area (Å²) in [6.45, 7) is 6.16. The van der Waals surface area contributed by atoms with Crippen molar-refractivity contribution in [2.24, 2.45) is 11.7 Å². The van der Waals surface area contributed by atoms with Crippen LogP contribution in [-0.4, -0.2) is 11.9 Å². The summed E-state index contributed by atoms with van der Waals surface area (Å²) in [7, 11) is 0. The monoisotopic (exact) mass is 302 g/mol. The molecule has 1 aromatic rings. The van der Waals surface area contributed by atoms with Gasteiger partial charge in [-0.1, -0.05) is 57.4 Å². The molecular formula is C19H30N2O. The molecule has 2 atom stereocenters. The number of rotatable bonds is 6. The van der Waals surface area contributed by atoms with Gasteiger partial charge in [0.2, 0.25) is 5.91 Å². The third-order valence-electron chi connectivity index (χ3n) is 4.90. The van der Waals surface area contributed by atoms with E-state index in [-0.39, 0.29) is 18.0 Å². The summed E-state index contributed by atoms with van der Waals surface area (Å²) in [5.74, 6) is 0.838. The Morgan fingerprint density at radius 2 is 1.68 bits per heavy atom. The van der Waals surface area contributed by atoms with Crippen LogP contribution in [0.3, 0.4) is 0 Å². The first kappa shape index (κ1) is 17.0. The lowest BCUT2D eigenvalue weighted by Crippen LogP contribution is -2.42. The Hall–Kier alpha value is -1.35. The van der Waals surface area contributed by atoms with Crippen molar-refractivity contribution in [2.45, 2.75) is 70.9 Å². The van der Waals surface area contributed by atoms with Gasteiger partial charge in [-0.25, -0.2) is 0 Å². The normalized spacial score (nSPS) is 19.1. The van der Waals surface area contributed by atoms with E-state index in [1.807, 2.05) is 6.92 Å². The van der Waals surface area contributed by atoms with Crippen LogP contribution in [0.4, 0.5) is 0 Å². The maximum atomic E-state index is 11.3. The van der Waals surface area contributed by atoms with Gasteiger partial charge >= 0.3 is 0 Å². The highest BCUT2D eigenvalue weighted by atomic mass is 16.1. The Kier molecular flexibility index (Phi) is 6.01. The lowest BCUT2D eigenvalue weighted by atomic mass is 9.83. The maximum Gasteiger partial charge on any atom is 0.234 e. The number of benzene rings is 1. The molecule has 1 aliphatic rings. The van der Waals surface area contributed by atoms with Crippen molar-refractivity contribution in [3.8, 4) is 0 Å². The molecule has 1 amide bonds. The van der Waals surface area contributed by atoms with E-state index in [1.165, 1.54) is 43.2 Å². The Bertz CT molecular complexity index is 475. The molecule has 0 radical (unpaired) electrons. The SMILES string of the molecule is CC(C)[C@@H](N[C@@H](C)C(N)=O)c1ccc(C2CCCCC2)cc1. The van der Waals surface area contributed by atoms with Crippen LogP contribution in [0.2, 0.25) is 0 Å². The second-order valence-corrected chi connectivity index (χ2v) is 7.01. The summed E-state index contributed by atoms with van der Waals surface area (Å²) < 4.78 is 0. The van der Waals surface area contributed by atoms with Gasteiger partial charge in [0.1, 0.15) is 0 Å². The van der Waals surface area contributed by atoms with Gasteiger partial charge in [-0.05, 0) is 42.7 Å². The molecule has 0 spiro atoms. The quantitative estimate of drug-likeness (QED) is 0.837. The number of nitrogens with two attached hydrogens (primary N) is 1.